The van der Waals surface area contributed by atoms with Crippen molar-refractivity contribution in [2.75, 3.05) is 6.61 Å². The second-order valence-electron chi connectivity index (χ2n) is 16.6. The van der Waals surface area contributed by atoms with E-state index in [0.29, 0.717) is 0 Å². The van der Waals surface area contributed by atoms with Gasteiger partial charge in [0, 0.05) is 0 Å². The number of fused-ring (bicyclic) bond motifs is 2. The molecule has 0 aromatic heterocycles. The third kappa shape index (κ3) is 6.15. The lowest BCUT2D eigenvalue weighted by Gasteiger charge is -2.61. The molecule has 238 valence electrons. The predicted octanol–water partition coefficient (Wildman–Crippen LogP) is 6.23. The van der Waals surface area contributed by atoms with Gasteiger partial charge in [-0.3, -0.25) is 9.63 Å². The van der Waals surface area contributed by atoms with E-state index in [0.717, 1.165) is 5.56 Å². The SMILES string of the molecule is CC(C)(C)[Si](C)(C)OC[C@]1(O)[C@@H]2O[C@@H]2[C@]2(CC(=O)N2OCc2ccccc2)[C@H](O[Si](C)(C)C)[C@@H]1O[Si](C)(C)C(C)(C)C. The third-order valence-corrected chi connectivity index (χ3v) is 20.1. The van der Waals surface area contributed by atoms with Crippen molar-refractivity contribution >= 4 is 30.9 Å². The van der Waals surface area contributed by atoms with E-state index >= 15 is 0 Å². The summed E-state index contributed by atoms with van der Waals surface area (Å²) in [6, 6.07) is 9.82. The standard InChI is InChI=1S/C31H55NO7Si3/c1-28(2,3)41(10,11)36-21-31(34)26-24(37-26)30(19-23(33)32(30)35-20-22-17-15-14-16-18-22)25(38-40(7,8)9)27(31)39-42(12,13)29(4,5)6/h14-18,24-27,34H,19-21H2,1-13H3/t24-,25+,26+,27-,30+,31-/m0/s1. The Morgan fingerprint density at radius 2 is 1.45 bits per heavy atom. The van der Waals surface area contributed by atoms with Crippen molar-refractivity contribution in [1.82, 2.24) is 5.06 Å². The van der Waals surface area contributed by atoms with Crippen molar-refractivity contribution in [2.45, 2.75) is 146 Å². The highest BCUT2D eigenvalue weighted by Gasteiger charge is 2.81. The van der Waals surface area contributed by atoms with Crippen LogP contribution in [0.2, 0.25) is 55.9 Å². The van der Waals surface area contributed by atoms with Gasteiger partial charge in [0.1, 0.15) is 42.2 Å². The average molecular weight is 638 g/mol. The normalized spacial score (nSPS) is 32.1. The molecule has 0 unspecified atom stereocenters. The van der Waals surface area contributed by atoms with Gasteiger partial charge in [0.25, 0.3) is 0 Å². The predicted molar refractivity (Wildman–Crippen MR) is 172 cm³/mol. The molecule has 3 aliphatic rings. The summed E-state index contributed by atoms with van der Waals surface area (Å²) in [6.07, 6.45) is -2.21. The van der Waals surface area contributed by atoms with Gasteiger partial charge < -0.3 is 23.1 Å². The molecule has 2 saturated heterocycles. The molecular formula is C31H55NO7Si3. The molecule has 1 saturated carbocycles. The first-order valence-corrected chi connectivity index (χ1v) is 24.6. The molecule has 8 nitrogen and oxygen atoms in total. The smallest absolute Gasteiger partial charge is 0.249 e. The fourth-order valence-corrected chi connectivity index (χ4v) is 8.90. The summed E-state index contributed by atoms with van der Waals surface area (Å²) in [5.41, 5.74) is -1.38. The lowest BCUT2D eigenvalue weighted by Crippen LogP contribution is -2.82. The minimum absolute atomic E-state index is 0.0322. The number of ether oxygens (including phenoxy) is 1. The van der Waals surface area contributed by atoms with Crippen LogP contribution >= 0.6 is 0 Å². The molecule has 1 amide bonds. The summed E-state index contributed by atoms with van der Waals surface area (Å²) >= 11 is 0. The third-order valence-electron chi connectivity index (χ3n) is 10.2. The highest BCUT2D eigenvalue weighted by Crippen LogP contribution is 2.60. The van der Waals surface area contributed by atoms with Crippen LogP contribution < -0.4 is 0 Å². The summed E-state index contributed by atoms with van der Waals surface area (Å²) in [5.74, 6) is -0.113. The molecule has 1 spiro atoms. The molecule has 1 N–H and O–H groups in total. The van der Waals surface area contributed by atoms with Crippen LogP contribution in [0, 0.1) is 0 Å². The van der Waals surface area contributed by atoms with Crippen molar-refractivity contribution in [3.63, 3.8) is 0 Å². The minimum atomic E-state index is -2.45. The Morgan fingerprint density at radius 1 is 0.881 bits per heavy atom. The number of β-lactam (4-membered cyclic amide) rings is 1. The van der Waals surface area contributed by atoms with E-state index in [1.165, 1.54) is 5.06 Å². The Hall–Kier alpha value is -0.899. The van der Waals surface area contributed by atoms with Gasteiger partial charge in [-0.25, -0.2) is 5.06 Å². The molecule has 1 aromatic rings. The fraction of sp³-hybridized carbons (Fsp3) is 0.774. The zero-order valence-corrected chi connectivity index (χ0v) is 31.2. The summed E-state index contributed by atoms with van der Waals surface area (Å²) in [7, 11) is -6.91. The van der Waals surface area contributed by atoms with E-state index in [1.54, 1.807) is 0 Å². The first kappa shape index (κ1) is 34.0. The molecule has 6 atom stereocenters. The highest BCUT2D eigenvalue weighted by molar-refractivity contribution is 6.74. The van der Waals surface area contributed by atoms with E-state index in [2.05, 4.69) is 87.4 Å². The molecular weight excluding hydrogens is 583 g/mol. The van der Waals surface area contributed by atoms with Crippen LogP contribution in [-0.2, 0) is 34.3 Å². The fourth-order valence-electron chi connectivity index (χ4n) is 5.46. The molecule has 2 heterocycles. The largest absolute Gasteiger partial charge is 0.414 e. The maximum Gasteiger partial charge on any atom is 0.249 e. The zero-order chi connectivity index (χ0) is 31.7. The second-order valence-corrected chi connectivity index (χ2v) is 30.6. The van der Waals surface area contributed by atoms with Crippen LogP contribution in [0.3, 0.4) is 0 Å². The molecule has 42 heavy (non-hydrogen) atoms. The molecule has 0 bridgehead atoms. The Kier molecular flexibility index (Phi) is 8.80. The number of hydrogen-bond acceptors (Lipinski definition) is 7. The monoisotopic (exact) mass is 637 g/mol. The van der Waals surface area contributed by atoms with Crippen LogP contribution in [0.4, 0.5) is 0 Å². The number of carbonyl (C=O) groups is 1. The van der Waals surface area contributed by atoms with Crippen LogP contribution in [0.25, 0.3) is 0 Å². The molecule has 1 aliphatic carbocycles. The van der Waals surface area contributed by atoms with Crippen molar-refractivity contribution in [3.8, 4) is 0 Å². The lowest BCUT2D eigenvalue weighted by atomic mass is 9.65. The second kappa shape index (κ2) is 10.9. The average Bonchev–Trinajstić information content (AvgIpc) is 3.63. The lowest BCUT2D eigenvalue weighted by molar-refractivity contribution is -0.303. The van der Waals surface area contributed by atoms with E-state index in [-0.39, 0.29) is 35.6 Å². The molecule has 0 radical (unpaired) electrons. The summed E-state index contributed by atoms with van der Waals surface area (Å²) < 4.78 is 27.3. The van der Waals surface area contributed by atoms with Crippen molar-refractivity contribution in [3.05, 3.63) is 35.9 Å². The van der Waals surface area contributed by atoms with Gasteiger partial charge in [-0.2, -0.15) is 0 Å². The van der Waals surface area contributed by atoms with Crippen LogP contribution in [-0.4, -0.2) is 83.2 Å². The Bertz CT molecular complexity index is 1140. The van der Waals surface area contributed by atoms with Crippen molar-refractivity contribution in [2.24, 2.45) is 0 Å². The summed E-state index contributed by atoms with van der Waals surface area (Å²) in [5, 5.41) is 14.1. The van der Waals surface area contributed by atoms with Gasteiger partial charge in [0.15, 0.2) is 25.0 Å². The maximum atomic E-state index is 13.3. The minimum Gasteiger partial charge on any atom is -0.414 e. The number of benzene rings is 1. The molecule has 11 heteroatoms. The van der Waals surface area contributed by atoms with E-state index < -0.39 is 60.5 Å². The van der Waals surface area contributed by atoms with Gasteiger partial charge >= 0.3 is 0 Å². The number of epoxide rings is 1. The maximum absolute atomic E-state index is 13.3. The number of hydrogen-bond donors (Lipinski definition) is 1. The van der Waals surface area contributed by atoms with E-state index in [1.807, 2.05) is 30.3 Å². The van der Waals surface area contributed by atoms with Crippen molar-refractivity contribution < 1.29 is 32.8 Å². The number of amides is 1. The molecule has 2 aliphatic heterocycles. The molecule has 1 aromatic carbocycles. The Labute approximate surface area is 256 Å². The van der Waals surface area contributed by atoms with Gasteiger partial charge in [-0.1, -0.05) is 71.9 Å². The Morgan fingerprint density at radius 3 is 1.95 bits per heavy atom. The van der Waals surface area contributed by atoms with E-state index in [9.17, 15) is 9.90 Å². The van der Waals surface area contributed by atoms with Crippen LogP contribution in [0.1, 0.15) is 53.5 Å². The quantitative estimate of drug-likeness (QED) is 0.185. The summed E-state index contributed by atoms with van der Waals surface area (Å²) in [4.78, 5) is 19.5. The highest BCUT2D eigenvalue weighted by atomic mass is 28.4. The van der Waals surface area contributed by atoms with Gasteiger partial charge in [-0.05, 0) is 61.5 Å². The van der Waals surface area contributed by atoms with E-state index in [4.69, 9.17) is 22.9 Å². The van der Waals surface area contributed by atoms with Gasteiger partial charge in [0.2, 0.25) is 5.91 Å². The van der Waals surface area contributed by atoms with Gasteiger partial charge in [0.05, 0.1) is 13.0 Å². The van der Waals surface area contributed by atoms with Crippen LogP contribution in [0.5, 0.6) is 0 Å². The zero-order valence-electron chi connectivity index (χ0n) is 28.2. The van der Waals surface area contributed by atoms with Gasteiger partial charge in [-0.15, -0.1) is 0 Å². The number of aliphatic hydroxyl groups is 1. The van der Waals surface area contributed by atoms with Crippen LogP contribution in [0.15, 0.2) is 30.3 Å². The topological polar surface area (TPSA) is 90.0 Å². The summed E-state index contributed by atoms with van der Waals surface area (Å²) in [6.45, 7) is 28.6. The first-order chi connectivity index (χ1) is 19.0. The Balaban J connectivity index is 1.78. The number of carbonyl (C=O) groups excluding carboxylic acids is 1. The number of hydroxylamine groups is 2. The number of rotatable bonds is 10. The first-order valence-electron chi connectivity index (χ1n) is 15.3. The number of nitrogens with zero attached hydrogens (tertiary/aromatic N) is 1. The van der Waals surface area contributed by atoms with Crippen molar-refractivity contribution in [1.29, 1.82) is 0 Å². The molecule has 3 fully saturated rings. The molecule has 4 rings (SSSR count).